The molecule has 1 aliphatic carbocycles. The van der Waals surface area contributed by atoms with Crippen LogP contribution in [-0.4, -0.2) is 24.2 Å². The second-order valence-electron chi connectivity index (χ2n) is 6.84. The lowest BCUT2D eigenvalue weighted by atomic mass is 9.73. The van der Waals surface area contributed by atoms with Gasteiger partial charge in [0, 0.05) is 24.5 Å². The normalized spacial score (nSPS) is 26.7. The smallest absolute Gasteiger partial charge is 0.0686 e. The number of ether oxygens (including phenoxy) is 1. The first-order valence-corrected chi connectivity index (χ1v) is 8.46. The van der Waals surface area contributed by atoms with E-state index in [9.17, 15) is 0 Å². The largest absolute Gasteiger partial charge is 0.375 e. The van der Waals surface area contributed by atoms with Gasteiger partial charge in [-0.15, -0.1) is 0 Å². The summed E-state index contributed by atoms with van der Waals surface area (Å²) in [5, 5.41) is 3.53. The van der Waals surface area contributed by atoms with E-state index >= 15 is 0 Å². The third-order valence-electron chi connectivity index (χ3n) is 5.37. The predicted molar refractivity (Wildman–Crippen MR) is 85.3 cm³/mol. The highest BCUT2D eigenvalue weighted by atomic mass is 16.5. The van der Waals surface area contributed by atoms with Crippen molar-refractivity contribution in [3.05, 3.63) is 29.6 Å². The zero-order valence-corrected chi connectivity index (χ0v) is 13.4. The van der Waals surface area contributed by atoms with Crippen LogP contribution in [0.5, 0.6) is 0 Å². The Morgan fingerprint density at radius 3 is 2.76 bits per heavy atom. The van der Waals surface area contributed by atoms with E-state index in [1.807, 2.05) is 13.1 Å². The van der Waals surface area contributed by atoms with Crippen LogP contribution in [0.2, 0.25) is 0 Å². The van der Waals surface area contributed by atoms with E-state index in [0.717, 1.165) is 18.7 Å². The molecule has 1 N–H and O–H groups in total. The van der Waals surface area contributed by atoms with Gasteiger partial charge >= 0.3 is 0 Å². The predicted octanol–water partition coefficient (Wildman–Crippen LogP) is 3.78. The standard InChI is InChI=1S/C18H28N2O/c1-14-6-7-16(13-20-14)17(19-2)15-8-11-21-18(12-15)9-4-3-5-10-18/h6-7,13,15,17,19H,3-5,8-12H2,1-2H3. The van der Waals surface area contributed by atoms with Gasteiger partial charge in [0.05, 0.1) is 5.60 Å². The Bertz CT molecular complexity index is 445. The molecule has 21 heavy (non-hydrogen) atoms. The van der Waals surface area contributed by atoms with Crippen LogP contribution in [0, 0.1) is 12.8 Å². The summed E-state index contributed by atoms with van der Waals surface area (Å²) in [7, 11) is 2.08. The SMILES string of the molecule is CNC(c1ccc(C)nc1)C1CCOC2(CCCCC2)C1. The molecule has 2 fully saturated rings. The number of rotatable bonds is 3. The molecule has 1 aromatic rings. The van der Waals surface area contributed by atoms with Gasteiger partial charge in [0.25, 0.3) is 0 Å². The lowest BCUT2D eigenvalue weighted by Crippen LogP contribution is -2.44. The van der Waals surface area contributed by atoms with Gasteiger partial charge in [-0.05, 0) is 57.2 Å². The Morgan fingerprint density at radius 2 is 2.10 bits per heavy atom. The molecular formula is C18H28N2O. The van der Waals surface area contributed by atoms with Crippen molar-refractivity contribution in [1.29, 1.82) is 0 Å². The molecule has 3 rings (SSSR count). The van der Waals surface area contributed by atoms with Crippen LogP contribution in [-0.2, 0) is 4.74 Å². The highest BCUT2D eigenvalue weighted by molar-refractivity contribution is 5.18. The summed E-state index contributed by atoms with van der Waals surface area (Å²) in [6.07, 6.45) is 11.0. The number of aromatic nitrogens is 1. The van der Waals surface area contributed by atoms with E-state index in [1.54, 1.807) is 0 Å². The molecule has 2 unspecified atom stereocenters. The van der Waals surface area contributed by atoms with Crippen LogP contribution in [0.25, 0.3) is 0 Å². The first-order chi connectivity index (χ1) is 10.2. The van der Waals surface area contributed by atoms with Gasteiger partial charge in [-0.1, -0.05) is 25.3 Å². The summed E-state index contributed by atoms with van der Waals surface area (Å²) in [4.78, 5) is 4.48. The molecule has 1 saturated carbocycles. The van der Waals surface area contributed by atoms with Gasteiger partial charge in [0.2, 0.25) is 0 Å². The zero-order valence-electron chi connectivity index (χ0n) is 13.4. The Balaban J connectivity index is 1.75. The third-order valence-corrected chi connectivity index (χ3v) is 5.37. The van der Waals surface area contributed by atoms with Crippen LogP contribution in [0.1, 0.15) is 62.2 Å². The van der Waals surface area contributed by atoms with Gasteiger partial charge in [-0.2, -0.15) is 0 Å². The summed E-state index contributed by atoms with van der Waals surface area (Å²) in [5.41, 5.74) is 2.58. The quantitative estimate of drug-likeness (QED) is 0.919. The van der Waals surface area contributed by atoms with Crippen LogP contribution in [0.4, 0.5) is 0 Å². The van der Waals surface area contributed by atoms with Crippen LogP contribution in [0.3, 0.4) is 0 Å². The number of pyridine rings is 1. The average molecular weight is 288 g/mol. The third kappa shape index (κ3) is 3.29. The van der Waals surface area contributed by atoms with E-state index < -0.39 is 0 Å². The van der Waals surface area contributed by atoms with Crippen molar-refractivity contribution in [2.45, 2.75) is 63.5 Å². The van der Waals surface area contributed by atoms with Crippen molar-refractivity contribution >= 4 is 0 Å². The second-order valence-corrected chi connectivity index (χ2v) is 6.84. The van der Waals surface area contributed by atoms with Gasteiger partial charge in [-0.25, -0.2) is 0 Å². The fraction of sp³-hybridized carbons (Fsp3) is 0.722. The number of hydrogen-bond donors (Lipinski definition) is 1. The Morgan fingerprint density at radius 1 is 1.29 bits per heavy atom. The summed E-state index contributed by atoms with van der Waals surface area (Å²) in [5.74, 6) is 0.659. The first-order valence-electron chi connectivity index (χ1n) is 8.46. The molecule has 1 aromatic heterocycles. The molecular weight excluding hydrogens is 260 g/mol. The van der Waals surface area contributed by atoms with Crippen LogP contribution < -0.4 is 5.32 Å². The van der Waals surface area contributed by atoms with Crippen molar-refractivity contribution in [2.75, 3.05) is 13.7 Å². The van der Waals surface area contributed by atoms with Gasteiger partial charge < -0.3 is 10.1 Å². The van der Waals surface area contributed by atoms with Crippen molar-refractivity contribution in [3.8, 4) is 0 Å². The topological polar surface area (TPSA) is 34.2 Å². The number of nitrogens with zero attached hydrogens (tertiary/aromatic N) is 1. The van der Waals surface area contributed by atoms with Crippen molar-refractivity contribution in [1.82, 2.24) is 10.3 Å². The minimum atomic E-state index is 0.175. The van der Waals surface area contributed by atoms with E-state index in [1.165, 1.54) is 44.1 Å². The van der Waals surface area contributed by atoms with Crippen molar-refractivity contribution < 1.29 is 4.74 Å². The highest BCUT2D eigenvalue weighted by Crippen LogP contribution is 2.44. The van der Waals surface area contributed by atoms with E-state index in [2.05, 4.69) is 29.5 Å². The molecule has 0 radical (unpaired) electrons. The average Bonchev–Trinajstić information content (AvgIpc) is 2.51. The summed E-state index contributed by atoms with van der Waals surface area (Å²) >= 11 is 0. The number of aryl methyl sites for hydroxylation is 1. The van der Waals surface area contributed by atoms with Crippen LogP contribution in [0.15, 0.2) is 18.3 Å². The molecule has 3 nitrogen and oxygen atoms in total. The number of hydrogen-bond acceptors (Lipinski definition) is 3. The van der Waals surface area contributed by atoms with Crippen molar-refractivity contribution in [2.24, 2.45) is 5.92 Å². The van der Waals surface area contributed by atoms with Crippen molar-refractivity contribution in [3.63, 3.8) is 0 Å². The molecule has 1 aliphatic heterocycles. The van der Waals surface area contributed by atoms with Gasteiger partial charge in [-0.3, -0.25) is 4.98 Å². The lowest BCUT2D eigenvalue weighted by molar-refractivity contribution is -0.121. The Hall–Kier alpha value is -0.930. The monoisotopic (exact) mass is 288 g/mol. The molecule has 116 valence electrons. The second kappa shape index (κ2) is 6.45. The zero-order chi connectivity index (χ0) is 14.7. The minimum Gasteiger partial charge on any atom is -0.375 e. The maximum atomic E-state index is 6.24. The molecule has 2 atom stereocenters. The molecule has 1 spiro atoms. The highest BCUT2D eigenvalue weighted by Gasteiger charge is 2.40. The fourth-order valence-corrected chi connectivity index (χ4v) is 4.23. The summed E-state index contributed by atoms with van der Waals surface area (Å²) < 4.78 is 6.24. The molecule has 0 aromatic carbocycles. The van der Waals surface area contributed by atoms with E-state index in [-0.39, 0.29) is 5.60 Å². The van der Waals surface area contributed by atoms with Crippen LogP contribution >= 0.6 is 0 Å². The van der Waals surface area contributed by atoms with Gasteiger partial charge in [0.1, 0.15) is 0 Å². The Kier molecular flexibility index (Phi) is 4.60. The first kappa shape index (κ1) is 15.0. The maximum Gasteiger partial charge on any atom is 0.0686 e. The maximum absolute atomic E-state index is 6.24. The Labute approximate surface area is 128 Å². The number of nitrogens with one attached hydrogen (secondary N) is 1. The summed E-state index contributed by atoms with van der Waals surface area (Å²) in [6.45, 7) is 2.96. The molecule has 0 amide bonds. The van der Waals surface area contributed by atoms with E-state index in [4.69, 9.17) is 4.74 Å². The van der Waals surface area contributed by atoms with E-state index in [0.29, 0.717) is 12.0 Å². The summed E-state index contributed by atoms with van der Waals surface area (Å²) in [6, 6.07) is 4.75. The fourth-order valence-electron chi connectivity index (χ4n) is 4.23. The molecule has 2 aliphatic rings. The minimum absolute atomic E-state index is 0.175. The molecule has 2 heterocycles. The molecule has 1 saturated heterocycles. The lowest BCUT2D eigenvalue weighted by Gasteiger charge is -2.45. The molecule has 3 heteroatoms. The molecule has 0 bridgehead atoms. The van der Waals surface area contributed by atoms with Gasteiger partial charge in [0.15, 0.2) is 0 Å².